The molecule has 2 aromatic rings. The molecule has 4 rings (SSSR count). The minimum Gasteiger partial charge on any atom is -0.303 e. The number of amides is 1. The quantitative estimate of drug-likeness (QED) is 0.899. The Kier molecular flexibility index (Phi) is 3.34. The van der Waals surface area contributed by atoms with Gasteiger partial charge in [-0.2, -0.15) is 10.2 Å². The summed E-state index contributed by atoms with van der Waals surface area (Å²) in [4.78, 5) is 12.7. The molecule has 2 saturated carbocycles. The summed E-state index contributed by atoms with van der Waals surface area (Å²) in [6.07, 6.45) is 4.78. The monoisotopic (exact) mass is 327 g/mol. The molecular weight excluding hydrogens is 302 g/mol. The molecule has 6 heteroatoms. The summed E-state index contributed by atoms with van der Waals surface area (Å²) in [7, 11) is 0. The maximum Gasteiger partial charge on any atom is 0.277 e. The number of aromatic amines is 1. The van der Waals surface area contributed by atoms with Crippen LogP contribution >= 0.6 is 0 Å². The number of carbonyl (C=O) groups is 1. The number of hydrogen-bond donors (Lipinski definition) is 2. The molecule has 0 saturated heterocycles. The summed E-state index contributed by atoms with van der Waals surface area (Å²) < 4.78 is 2.01. The number of hydrogen-bond acceptors (Lipinski definition) is 3. The van der Waals surface area contributed by atoms with E-state index in [1.165, 1.54) is 31.4 Å². The number of nitrogens with zero attached hydrogens (tertiary/aromatic N) is 3. The summed E-state index contributed by atoms with van der Waals surface area (Å²) in [6, 6.07) is 1.95. The summed E-state index contributed by atoms with van der Waals surface area (Å²) in [6.45, 7) is 8.37. The zero-order valence-electron chi connectivity index (χ0n) is 14.8. The van der Waals surface area contributed by atoms with Crippen molar-refractivity contribution >= 4 is 11.7 Å². The van der Waals surface area contributed by atoms with Gasteiger partial charge in [-0.1, -0.05) is 0 Å². The van der Waals surface area contributed by atoms with Crippen molar-refractivity contribution in [1.82, 2.24) is 20.0 Å². The smallest absolute Gasteiger partial charge is 0.277 e. The van der Waals surface area contributed by atoms with Crippen LogP contribution in [-0.2, 0) is 5.54 Å². The predicted octanol–water partition coefficient (Wildman–Crippen LogP) is 3.68. The molecule has 0 radical (unpaired) electrons. The highest BCUT2D eigenvalue weighted by atomic mass is 16.2. The van der Waals surface area contributed by atoms with Gasteiger partial charge < -0.3 is 5.32 Å². The van der Waals surface area contributed by atoms with E-state index in [9.17, 15) is 4.79 Å². The largest absolute Gasteiger partial charge is 0.303 e. The van der Waals surface area contributed by atoms with Crippen molar-refractivity contribution < 1.29 is 4.79 Å². The molecule has 2 fully saturated rings. The third-order valence-corrected chi connectivity index (χ3v) is 4.87. The summed E-state index contributed by atoms with van der Waals surface area (Å²) in [5.74, 6) is 1.58. The molecule has 128 valence electrons. The van der Waals surface area contributed by atoms with Gasteiger partial charge in [0.1, 0.15) is 0 Å². The average molecular weight is 327 g/mol. The topological polar surface area (TPSA) is 75.6 Å². The molecule has 0 aromatic carbocycles. The number of nitrogens with one attached hydrogen (secondary N) is 2. The van der Waals surface area contributed by atoms with Gasteiger partial charge in [0, 0.05) is 28.8 Å². The number of rotatable bonds is 4. The minimum absolute atomic E-state index is 0.127. The molecule has 0 spiro atoms. The van der Waals surface area contributed by atoms with Gasteiger partial charge in [0.15, 0.2) is 11.5 Å². The van der Waals surface area contributed by atoms with Crippen LogP contribution in [0.15, 0.2) is 6.07 Å². The number of carbonyl (C=O) groups excluding carboxylic acids is 1. The molecule has 2 aliphatic carbocycles. The molecule has 2 aromatic heterocycles. The van der Waals surface area contributed by atoms with E-state index in [1.54, 1.807) is 0 Å². The van der Waals surface area contributed by atoms with Crippen molar-refractivity contribution in [2.24, 2.45) is 0 Å². The molecule has 0 atom stereocenters. The van der Waals surface area contributed by atoms with E-state index in [1.807, 2.05) is 17.7 Å². The highest BCUT2D eigenvalue weighted by Gasteiger charge is 2.33. The van der Waals surface area contributed by atoms with Crippen molar-refractivity contribution in [3.8, 4) is 0 Å². The van der Waals surface area contributed by atoms with Crippen molar-refractivity contribution in [1.29, 1.82) is 0 Å². The molecule has 0 bridgehead atoms. The van der Waals surface area contributed by atoms with E-state index in [-0.39, 0.29) is 11.4 Å². The normalized spacial score (nSPS) is 18.0. The number of aromatic nitrogens is 4. The van der Waals surface area contributed by atoms with Gasteiger partial charge in [-0.05, 0) is 59.4 Å². The maximum atomic E-state index is 12.7. The van der Waals surface area contributed by atoms with Crippen LogP contribution in [0, 0.1) is 6.92 Å². The van der Waals surface area contributed by atoms with E-state index in [0.717, 1.165) is 11.3 Å². The van der Waals surface area contributed by atoms with Gasteiger partial charge in [0.2, 0.25) is 0 Å². The Bertz CT molecular complexity index is 787. The highest BCUT2D eigenvalue weighted by molar-refractivity contribution is 6.02. The van der Waals surface area contributed by atoms with Crippen LogP contribution in [0.3, 0.4) is 0 Å². The maximum absolute atomic E-state index is 12.7. The first-order valence-electron chi connectivity index (χ1n) is 8.81. The Morgan fingerprint density at radius 1 is 1.25 bits per heavy atom. The second-order valence-electron chi connectivity index (χ2n) is 8.15. The van der Waals surface area contributed by atoms with Gasteiger partial charge in [-0.15, -0.1) is 0 Å². The standard InChI is InChI=1S/C18H25N5O/c1-10-15(12-7-8-12)20-21-16(10)19-17(24)13-9-14(11-5-6-11)23(22-13)18(2,3)4/h9,11-12H,5-8H2,1-4H3,(H2,19,20,21,24). The van der Waals surface area contributed by atoms with Crippen LogP contribution in [0.2, 0.25) is 0 Å². The highest BCUT2D eigenvalue weighted by Crippen LogP contribution is 2.42. The Balaban J connectivity index is 1.58. The van der Waals surface area contributed by atoms with Gasteiger partial charge in [0.25, 0.3) is 5.91 Å². The second kappa shape index (κ2) is 5.19. The van der Waals surface area contributed by atoms with Crippen LogP contribution in [0.4, 0.5) is 5.82 Å². The van der Waals surface area contributed by atoms with Crippen LogP contribution in [0.5, 0.6) is 0 Å². The molecule has 1 amide bonds. The minimum atomic E-state index is -0.183. The van der Waals surface area contributed by atoms with Crippen molar-refractivity contribution in [3.05, 3.63) is 28.7 Å². The first-order chi connectivity index (χ1) is 11.3. The van der Waals surface area contributed by atoms with Crippen molar-refractivity contribution in [3.63, 3.8) is 0 Å². The van der Waals surface area contributed by atoms with Crippen LogP contribution in [0.1, 0.15) is 85.7 Å². The molecular formula is C18H25N5O. The number of anilines is 1. The zero-order valence-corrected chi connectivity index (χ0v) is 14.8. The molecule has 2 heterocycles. The molecule has 6 nitrogen and oxygen atoms in total. The molecule has 2 N–H and O–H groups in total. The second-order valence-corrected chi connectivity index (χ2v) is 8.15. The van der Waals surface area contributed by atoms with E-state index in [2.05, 4.69) is 41.4 Å². The first-order valence-corrected chi connectivity index (χ1v) is 8.81. The SMILES string of the molecule is Cc1c(NC(=O)c2cc(C3CC3)n(C(C)(C)C)n2)n[nH]c1C1CC1. The van der Waals surface area contributed by atoms with Crippen molar-refractivity contribution in [2.75, 3.05) is 5.32 Å². The molecule has 0 aliphatic heterocycles. The molecule has 24 heavy (non-hydrogen) atoms. The summed E-state index contributed by atoms with van der Waals surface area (Å²) >= 11 is 0. The fraction of sp³-hybridized carbons (Fsp3) is 0.611. The van der Waals surface area contributed by atoms with Crippen LogP contribution in [-0.4, -0.2) is 25.9 Å². The van der Waals surface area contributed by atoms with Gasteiger partial charge in [-0.25, -0.2) is 0 Å². The fourth-order valence-corrected chi connectivity index (χ4v) is 3.19. The van der Waals surface area contributed by atoms with Crippen LogP contribution in [0.25, 0.3) is 0 Å². The number of H-pyrrole nitrogens is 1. The van der Waals surface area contributed by atoms with E-state index in [0.29, 0.717) is 23.3 Å². The fourth-order valence-electron chi connectivity index (χ4n) is 3.19. The predicted molar refractivity (Wildman–Crippen MR) is 92.5 cm³/mol. The van der Waals surface area contributed by atoms with Gasteiger partial charge in [-0.3, -0.25) is 14.6 Å². The Hall–Kier alpha value is -2.11. The lowest BCUT2D eigenvalue weighted by Gasteiger charge is -2.22. The lowest BCUT2D eigenvalue weighted by Crippen LogP contribution is -2.25. The van der Waals surface area contributed by atoms with Gasteiger partial charge in [0.05, 0.1) is 5.54 Å². The lowest BCUT2D eigenvalue weighted by atomic mass is 10.1. The molecule has 2 aliphatic rings. The lowest BCUT2D eigenvalue weighted by molar-refractivity contribution is 0.102. The Morgan fingerprint density at radius 2 is 1.92 bits per heavy atom. The summed E-state index contributed by atoms with van der Waals surface area (Å²) in [5, 5.41) is 14.9. The van der Waals surface area contributed by atoms with E-state index < -0.39 is 0 Å². The summed E-state index contributed by atoms with van der Waals surface area (Å²) in [5.41, 5.74) is 3.72. The Labute approximate surface area is 142 Å². The van der Waals surface area contributed by atoms with Crippen molar-refractivity contribution in [2.45, 2.75) is 70.8 Å². The first kappa shape index (κ1) is 15.4. The van der Waals surface area contributed by atoms with Gasteiger partial charge >= 0.3 is 0 Å². The average Bonchev–Trinajstić information content (AvgIpc) is 3.43. The van der Waals surface area contributed by atoms with Crippen LogP contribution < -0.4 is 5.32 Å². The third-order valence-electron chi connectivity index (χ3n) is 4.87. The zero-order chi connectivity index (χ0) is 17.1. The van der Waals surface area contributed by atoms with E-state index in [4.69, 9.17) is 0 Å². The Morgan fingerprint density at radius 3 is 2.50 bits per heavy atom. The molecule has 0 unspecified atom stereocenters. The third kappa shape index (κ3) is 2.74. The van der Waals surface area contributed by atoms with E-state index >= 15 is 0 Å².